The molecular formula is C17H20N2O6. The first-order chi connectivity index (χ1) is 12.1. The van der Waals surface area contributed by atoms with Gasteiger partial charge in [0, 0.05) is 0 Å². The molecule has 0 spiro atoms. The van der Waals surface area contributed by atoms with Crippen LogP contribution in [-0.4, -0.2) is 39.7 Å². The zero-order valence-corrected chi connectivity index (χ0v) is 14.3. The number of furan rings is 1. The summed E-state index contributed by atoms with van der Waals surface area (Å²) in [6.07, 6.45) is 1.52. The topological polar surface area (TPSA) is 99.0 Å². The van der Waals surface area contributed by atoms with Crippen LogP contribution < -0.4 is 24.8 Å². The quantitative estimate of drug-likeness (QED) is 0.747. The monoisotopic (exact) mass is 348 g/mol. The number of hydrogen-bond donors (Lipinski definition) is 2. The maximum absolute atomic E-state index is 12.3. The first-order valence-electron chi connectivity index (χ1n) is 7.47. The Balaban J connectivity index is 1.99. The van der Waals surface area contributed by atoms with Crippen molar-refractivity contribution in [3.8, 4) is 17.2 Å². The average Bonchev–Trinajstić information content (AvgIpc) is 3.16. The van der Waals surface area contributed by atoms with E-state index in [-0.39, 0.29) is 30.3 Å². The molecular weight excluding hydrogens is 328 g/mol. The summed E-state index contributed by atoms with van der Waals surface area (Å²) in [4.78, 5) is 24.2. The second-order valence-electron chi connectivity index (χ2n) is 4.92. The van der Waals surface area contributed by atoms with Crippen LogP contribution in [0.15, 0.2) is 34.9 Å². The van der Waals surface area contributed by atoms with Gasteiger partial charge in [-0.15, -0.1) is 0 Å². The summed E-state index contributed by atoms with van der Waals surface area (Å²) in [5.41, 5.74) is 0.235. The lowest BCUT2D eigenvalue weighted by atomic mass is 10.1. The molecule has 0 aliphatic carbocycles. The van der Waals surface area contributed by atoms with Gasteiger partial charge in [-0.25, -0.2) is 0 Å². The molecule has 0 radical (unpaired) electrons. The Kier molecular flexibility index (Phi) is 6.27. The van der Waals surface area contributed by atoms with Crippen molar-refractivity contribution in [1.82, 2.24) is 10.6 Å². The van der Waals surface area contributed by atoms with E-state index in [9.17, 15) is 9.59 Å². The first kappa shape index (κ1) is 18.2. The molecule has 8 nitrogen and oxygen atoms in total. The Morgan fingerprint density at radius 1 is 1.00 bits per heavy atom. The molecule has 0 atom stereocenters. The van der Waals surface area contributed by atoms with Gasteiger partial charge in [-0.3, -0.25) is 9.59 Å². The van der Waals surface area contributed by atoms with E-state index < -0.39 is 5.91 Å². The van der Waals surface area contributed by atoms with Crippen molar-refractivity contribution in [3.05, 3.63) is 41.9 Å². The third-order valence-electron chi connectivity index (χ3n) is 3.40. The van der Waals surface area contributed by atoms with Gasteiger partial charge in [-0.2, -0.15) is 0 Å². The molecule has 0 saturated heterocycles. The predicted molar refractivity (Wildman–Crippen MR) is 89.0 cm³/mol. The van der Waals surface area contributed by atoms with Crippen molar-refractivity contribution in [3.63, 3.8) is 0 Å². The number of carbonyl (C=O) groups is 2. The fourth-order valence-corrected chi connectivity index (χ4v) is 2.20. The number of ether oxygens (including phenoxy) is 3. The number of rotatable bonds is 8. The van der Waals surface area contributed by atoms with Crippen molar-refractivity contribution in [2.75, 3.05) is 27.9 Å². The Bertz CT molecular complexity index is 727. The van der Waals surface area contributed by atoms with Crippen LogP contribution in [0.2, 0.25) is 0 Å². The largest absolute Gasteiger partial charge is 0.493 e. The molecule has 0 aliphatic rings. The Hall–Kier alpha value is -3.16. The third-order valence-corrected chi connectivity index (χ3v) is 3.40. The van der Waals surface area contributed by atoms with Crippen molar-refractivity contribution in [2.24, 2.45) is 0 Å². The van der Waals surface area contributed by atoms with Crippen LogP contribution in [-0.2, 0) is 11.3 Å². The molecule has 1 heterocycles. The van der Waals surface area contributed by atoms with E-state index in [1.165, 1.54) is 33.7 Å². The number of nitrogens with one attached hydrogen (secondary N) is 2. The van der Waals surface area contributed by atoms with E-state index in [4.69, 9.17) is 18.6 Å². The summed E-state index contributed by atoms with van der Waals surface area (Å²) in [7, 11) is 4.36. The fourth-order valence-electron chi connectivity index (χ4n) is 2.20. The predicted octanol–water partition coefficient (Wildman–Crippen LogP) is 1.35. The van der Waals surface area contributed by atoms with Crippen molar-refractivity contribution < 1.29 is 28.2 Å². The normalized spacial score (nSPS) is 10.0. The summed E-state index contributed by atoms with van der Waals surface area (Å²) >= 11 is 0. The van der Waals surface area contributed by atoms with Gasteiger partial charge in [-0.05, 0) is 24.3 Å². The molecule has 0 fully saturated rings. The number of benzene rings is 1. The second kappa shape index (κ2) is 8.62. The average molecular weight is 348 g/mol. The lowest BCUT2D eigenvalue weighted by molar-refractivity contribution is -0.120. The zero-order chi connectivity index (χ0) is 18.2. The summed E-state index contributed by atoms with van der Waals surface area (Å²) in [6, 6.07) is 6.60. The number of amides is 2. The molecule has 2 rings (SSSR count). The molecule has 8 heteroatoms. The van der Waals surface area contributed by atoms with Gasteiger partial charge in [0.2, 0.25) is 11.7 Å². The minimum Gasteiger partial charge on any atom is -0.493 e. The smallest absolute Gasteiger partial charge is 0.255 e. The highest BCUT2D eigenvalue weighted by atomic mass is 16.5. The van der Waals surface area contributed by atoms with Gasteiger partial charge < -0.3 is 29.3 Å². The molecule has 25 heavy (non-hydrogen) atoms. The van der Waals surface area contributed by atoms with Crippen molar-refractivity contribution in [2.45, 2.75) is 6.54 Å². The second-order valence-corrected chi connectivity index (χ2v) is 4.92. The Morgan fingerprint density at radius 2 is 1.76 bits per heavy atom. The van der Waals surface area contributed by atoms with E-state index >= 15 is 0 Å². The van der Waals surface area contributed by atoms with Crippen LogP contribution in [0.1, 0.15) is 16.1 Å². The summed E-state index contributed by atoms with van der Waals surface area (Å²) in [6.45, 7) is 0.0679. The van der Waals surface area contributed by atoms with Crippen LogP contribution >= 0.6 is 0 Å². The molecule has 1 aromatic carbocycles. The van der Waals surface area contributed by atoms with Gasteiger partial charge in [0.15, 0.2) is 11.5 Å². The minimum absolute atomic E-state index is 0.183. The van der Waals surface area contributed by atoms with E-state index in [1.807, 2.05) is 0 Å². The molecule has 0 bridgehead atoms. The maximum atomic E-state index is 12.3. The summed E-state index contributed by atoms with van der Waals surface area (Å²) in [5, 5.41) is 5.17. The van der Waals surface area contributed by atoms with Gasteiger partial charge >= 0.3 is 0 Å². The standard InChI is InChI=1S/C17H20N2O6/c1-22-13-7-6-12(15(23-2)16(13)24-3)17(21)19-10-14(20)18-9-11-5-4-8-25-11/h4-8H,9-10H2,1-3H3,(H,18,20)(H,19,21). The molecule has 1 aromatic heterocycles. The highest BCUT2D eigenvalue weighted by molar-refractivity contribution is 6.00. The molecule has 134 valence electrons. The number of hydrogen-bond acceptors (Lipinski definition) is 6. The van der Waals surface area contributed by atoms with E-state index in [0.717, 1.165) is 0 Å². The Morgan fingerprint density at radius 3 is 2.36 bits per heavy atom. The fraction of sp³-hybridized carbons (Fsp3) is 0.294. The highest BCUT2D eigenvalue weighted by Gasteiger charge is 2.20. The van der Waals surface area contributed by atoms with Gasteiger partial charge in [0.1, 0.15) is 5.76 Å². The van der Waals surface area contributed by atoms with Gasteiger partial charge in [-0.1, -0.05) is 0 Å². The van der Waals surface area contributed by atoms with Crippen molar-refractivity contribution >= 4 is 11.8 Å². The lowest BCUT2D eigenvalue weighted by Gasteiger charge is -2.15. The first-order valence-corrected chi connectivity index (χ1v) is 7.47. The molecule has 2 amide bonds. The summed E-state index contributed by atoms with van der Waals surface area (Å²) < 4.78 is 20.8. The molecule has 0 saturated carbocycles. The SMILES string of the molecule is COc1ccc(C(=O)NCC(=O)NCc2ccco2)c(OC)c1OC. The van der Waals surface area contributed by atoms with E-state index in [2.05, 4.69) is 10.6 Å². The van der Waals surface area contributed by atoms with Gasteiger partial charge in [0.05, 0.1) is 46.2 Å². The zero-order valence-electron chi connectivity index (χ0n) is 14.3. The summed E-state index contributed by atoms with van der Waals surface area (Å²) in [5.74, 6) is 0.790. The van der Waals surface area contributed by atoms with Crippen LogP contribution in [0, 0.1) is 0 Å². The Labute approximate surface area is 145 Å². The third kappa shape index (κ3) is 4.43. The maximum Gasteiger partial charge on any atom is 0.255 e. The van der Waals surface area contributed by atoms with Crippen LogP contribution in [0.4, 0.5) is 0 Å². The minimum atomic E-state index is -0.467. The molecule has 0 aliphatic heterocycles. The molecule has 2 N–H and O–H groups in total. The van der Waals surface area contributed by atoms with Crippen LogP contribution in [0.3, 0.4) is 0 Å². The van der Waals surface area contributed by atoms with Gasteiger partial charge in [0.25, 0.3) is 5.91 Å². The van der Waals surface area contributed by atoms with Crippen molar-refractivity contribution in [1.29, 1.82) is 0 Å². The molecule has 2 aromatic rings. The number of carbonyl (C=O) groups excluding carboxylic acids is 2. The van der Waals surface area contributed by atoms with E-state index in [0.29, 0.717) is 17.3 Å². The number of methoxy groups -OCH3 is 3. The lowest BCUT2D eigenvalue weighted by Crippen LogP contribution is -2.36. The van der Waals surface area contributed by atoms with Crippen LogP contribution in [0.25, 0.3) is 0 Å². The highest BCUT2D eigenvalue weighted by Crippen LogP contribution is 2.39. The van der Waals surface area contributed by atoms with Crippen LogP contribution in [0.5, 0.6) is 17.2 Å². The van der Waals surface area contributed by atoms with E-state index in [1.54, 1.807) is 18.2 Å². The molecule has 0 unspecified atom stereocenters.